The average molecular weight is 278 g/mol. The molecule has 0 unspecified atom stereocenters. The summed E-state index contributed by atoms with van der Waals surface area (Å²) in [5.74, 6) is -0.293. The molecule has 0 radical (unpaired) electrons. The van der Waals surface area contributed by atoms with E-state index in [2.05, 4.69) is 5.32 Å². The molecule has 19 heavy (non-hydrogen) atoms. The Morgan fingerprint density at radius 3 is 2.47 bits per heavy atom. The molecule has 2 N–H and O–H groups in total. The van der Waals surface area contributed by atoms with Gasteiger partial charge in [-0.2, -0.15) is 0 Å². The Morgan fingerprint density at radius 1 is 1.21 bits per heavy atom. The fourth-order valence-electron chi connectivity index (χ4n) is 1.63. The lowest BCUT2D eigenvalue weighted by Crippen LogP contribution is -2.02. The Bertz CT molecular complexity index is 596. The van der Waals surface area contributed by atoms with Crippen molar-refractivity contribution in [2.24, 2.45) is 0 Å². The second-order valence-corrected chi connectivity index (χ2v) is 4.28. The predicted molar refractivity (Wildman–Crippen MR) is 74.7 cm³/mol. The number of hydrogen-bond acceptors (Lipinski definition) is 3. The van der Waals surface area contributed by atoms with Gasteiger partial charge in [-0.1, -0.05) is 11.6 Å². The van der Waals surface area contributed by atoms with E-state index in [4.69, 9.17) is 21.4 Å². The number of carboxylic acids is 1. The van der Waals surface area contributed by atoms with Crippen molar-refractivity contribution in [2.75, 3.05) is 12.4 Å². The van der Waals surface area contributed by atoms with Crippen LogP contribution in [0.4, 0.5) is 11.4 Å². The zero-order chi connectivity index (χ0) is 13.8. The molecule has 98 valence electrons. The highest BCUT2D eigenvalue weighted by Gasteiger charge is 2.10. The van der Waals surface area contributed by atoms with Gasteiger partial charge in [-0.25, -0.2) is 4.79 Å². The van der Waals surface area contributed by atoms with E-state index in [1.54, 1.807) is 43.5 Å². The molecule has 0 saturated heterocycles. The molecule has 0 aromatic heterocycles. The fourth-order valence-corrected chi connectivity index (χ4v) is 1.80. The molecular weight excluding hydrogens is 266 g/mol. The predicted octanol–water partition coefficient (Wildman–Crippen LogP) is 3.79. The van der Waals surface area contributed by atoms with Crippen LogP contribution in [0.5, 0.6) is 5.75 Å². The molecule has 0 spiro atoms. The lowest BCUT2D eigenvalue weighted by Gasteiger charge is -2.10. The number of nitrogens with one attached hydrogen (secondary N) is 1. The minimum Gasteiger partial charge on any atom is -0.497 e. The van der Waals surface area contributed by atoms with E-state index in [1.807, 2.05) is 0 Å². The molecule has 0 saturated carbocycles. The molecule has 2 aromatic rings. The average Bonchev–Trinajstić information content (AvgIpc) is 2.41. The van der Waals surface area contributed by atoms with E-state index >= 15 is 0 Å². The van der Waals surface area contributed by atoms with Gasteiger partial charge in [-0.05, 0) is 42.5 Å². The fraction of sp³-hybridized carbons (Fsp3) is 0.0714. The second-order valence-electron chi connectivity index (χ2n) is 3.85. The van der Waals surface area contributed by atoms with Crippen molar-refractivity contribution < 1.29 is 14.6 Å². The molecule has 0 aliphatic heterocycles. The van der Waals surface area contributed by atoms with Gasteiger partial charge < -0.3 is 15.2 Å². The second kappa shape index (κ2) is 5.63. The van der Waals surface area contributed by atoms with E-state index in [9.17, 15) is 4.79 Å². The van der Waals surface area contributed by atoms with Gasteiger partial charge >= 0.3 is 5.97 Å². The van der Waals surface area contributed by atoms with E-state index in [1.165, 1.54) is 6.07 Å². The molecule has 2 aromatic carbocycles. The van der Waals surface area contributed by atoms with Crippen molar-refractivity contribution in [1.82, 2.24) is 0 Å². The Kier molecular flexibility index (Phi) is 3.92. The van der Waals surface area contributed by atoms with Gasteiger partial charge in [0, 0.05) is 10.7 Å². The minimum atomic E-state index is -1.03. The first kappa shape index (κ1) is 13.2. The Morgan fingerprint density at radius 2 is 1.89 bits per heavy atom. The number of benzene rings is 2. The SMILES string of the molecule is COc1ccc(Nc2ccc(Cl)cc2C(=O)O)cc1. The van der Waals surface area contributed by atoms with Gasteiger partial charge in [0.05, 0.1) is 18.4 Å². The summed E-state index contributed by atoms with van der Waals surface area (Å²) in [5.41, 5.74) is 1.39. The Hall–Kier alpha value is -2.20. The summed E-state index contributed by atoms with van der Waals surface area (Å²) in [5, 5.41) is 12.6. The van der Waals surface area contributed by atoms with Gasteiger partial charge in [0.1, 0.15) is 5.75 Å². The van der Waals surface area contributed by atoms with Crippen LogP contribution in [0.3, 0.4) is 0 Å². The molecule has 0 amide bonds. The van der Waals surface area contributed by atoms with Gasteiger partial charge in [-0.3, -0.25) is 0 Å². The van der Waals surface area contributed by atoms with Crippen molar-refractivity contribution in [3.63, 3.8) is 0 Å². The third-order valence-electron chi connectivity index (χ3n) is 2.58. The number of carboxylic acid groups (broad SMARTS) is 1. The highest BCUT2D eigenvalue weighted by Crippen LogP contribution is 2.25. The van der Waals surface area contributed by atoms with Gasteiger partial charge in [-0.15, -0.1) is 0 Å². The van der Waals surface area contributed by atoms with E-state index in [-0.39, 0.29) is 5.56 Å². The number of rotatable bonds is 4. The standard InChI is InChI=1S/C14H12ClNO3/c1-19-11-5-3-10(4-6-11)16-13-7-2-9(15)8-12(13)14(17)18/h2-8,16H,1H3,(H,17,18). The summed E-state index contributed by atoms with van der Waals surface area (Å²) in [6.07, 6.45) is 0. The lowest BCUT2D eigenvalue weighted by atomic mass is 10.1. The number of ether oxygens (including phenoxy) is 1. The third-order valence-corrected chi connectivity index (χ3v) is 2.82. The molecule has 5 heteroatoms. The largest absolute Gasteiger partial charge is 0.497 e. The maximum absolute atomic E-state index is 11.1. The molecule has 4 nitrogen and oxygen atoms in total. The summed E-state index contributed by atoms with van der Waals surface area (Å²) in [4.78, 5) is 11.1. The molecule has 2 rings (SSSR count). The van der Waals surface area contributed by atoms with Crippen LogP contribution in [0.1, 0.15) is 10.4 Å². The first-order valence-corrected chi connectivity index (χ1v) is 5.92. The lowest BCUT2D eigenvalue weighted by molar-refractivity contribution is 0.0698. The molecule has 0 atom stereocenters. The van der Waals surface area contributed by atoms with Gasteiger partial charge in [0.2, 0.25) is 0 Å². The highest BCUT2D eigenvalue weighted by atomic mass is 35.5. The van der Waals surface area contributed by atoms with E-state index < -0.39 is 5.97 Å². The molecule has 0 aliphatic rings. The molecule has 0 aliphatic carbocycles. The van der Waals surface area contributed by atoms with Crippen LogP contribution in [0.25, 0.3) is 0 Å². The van der Waals surface area contributed by atoms with Gasteiger partial charge in [0.15, 0.2) is 0 Å². The highest BCUT2D eigenvalue weighted by molar-refractivity contribution is 6.31. The van der Waals surface area contributed by atoms with Crippen LogP contribution in [-0.4, -0.2) is 18.2 Å². The summed E-state index contributed by atoms with van der Waals surface area (Å²) in [6.45, 7) is 0. The maximum atomic E-state index is 11.1. The summed E-state index contributed by atoms with van der Waals surface area (Å²) in [7, 11) is 1.59. The van der Waals surface area contributed by atoms with E-state index in [0.717, 1.165) is 11.4 Å². The van der Waals surface area contributed by atoms with Crippen LogP contribution in [0.15, 0.2) is 42.5 Å². The topological polar surface area (TPSA) is 58.6 Å². The number of halogens is 1. The number of methoxy groups -OCH3 is 1. The van der Waals surface area contributed by atoms with Crippen molar-refractivity contribution >= 4 is 28.9 Å². The van der Waals surface area contributed by atoms with Crippen molar-refractivity contribution in [1.29, 1.82) is 0 Å². The summed E-state index contributed by atoms with van der Waals surface area (Å²) >= 11 is 5.80. The van der Waals surface area contributed by atoms with Crippen molar-refractivity contribution in [3.05, 3.63) is 53.1 Å². The minimum absolute atomic E-state index is 0.128. The van der Waals surface area contributed by atoms with Crippen LogP contribution in [-0.2, 0) is 0 Å². The number of carbonyl (C=O) groups is 1. The normalized spacial score (nSPS) is 10.0. The van der Waals surface area contributed by atoms with Gasteiger partial charge in [0.25, 0.3) is 0 Å². The number of aromatic carboxylic acids is 1. The van der Waals surface area contributed by atoms with E-state index in [0.29, 0.717) is 10.7 Å². The van der Waals surface area contributed by atoms with Crippen LogP contribution in [0, 0.1) is 0 Å². The molecule has 0 fully saturated rings. The number of hydrogen-bond donors (Lipinski definition) is 2. The first-order valence-electron chi connectivity index (χ1n) is 5.54. The van der Waals surface area contributed by atoms with Crippen LogP contribution < -0.4 is 10.1 Å². The molecule has 0 heterocycles. The zero-order valence-corrected chi connectivity index (χ0v) is 10.9. The summed E-state index contributed by atoms with van der Waals surface area (Å²) in [6, 6.07) is 11.9. The molecule has 0 bridgehead atoms. The van der Waals surface area contributed by atoms with Crippen molar-refractivity contribution in [3.8, 4) is 5.75 Å². The first-order chi connectivity index (χ1) is 9.10. The van der Waals surface area contributed by atoms with Crippen molar-refractivity contribution in [2.45, 2.75) is 0 Å². The smallest absolute Gasteiger partial charge is 0.337 e. The number of anilines is 2. The third kappa shape index (κ3) is 3.17. The zero-order valence-electron chi connectivity index (χ0n) is 10.2. The van der Waals surface area contributed by atoms with Crippen LogP contribution in [0.2, 0.25) is 5.02 Å². The Balaban J connectivity index is 2.29. The quantitative estimate of drug-likeness (QED) is 0.893. The monoisotopic (exact) mass is 277 g/mol. The summed E-state index contributed by atoms with van der Waals surface area (Å²) < 4.78 is 5.06. The Labute approximate surface area is 115 Å². The maximum Gasteiger partial charge on any atom is 0.337 e. The van der Waals surface area contributed by atoms with Crippen LogP contribution >= 0.6 is 11.6 Å². The molecular formula is C14H12ClNO3.